The Morgan fingerprint density at radius 1 is 1.88 bits per heavy atom. The first-order valence-electron chi connectivity index (χ1n) is 2.77. The minimum atomic E-state index is -0.389. The lowest BCUT2D eigenvalue weighted by Gasteiger charge is -2.09. The summed E-state index contributed by atoms with van der Waals surface area (Å²) in [5.41, 5.74) is 0.688. The molecule has 0 aliphatic carbocycles. The summed E-state index contributed by atoms with van der Waals surface area (Å²) in [5.74, 6) is 0. The molecule has 0 heterocycles. The predicted molar refractivity (Wildman–Crippen MR) is 34.5 cm³/mol. The van der Waals surface area contributed by atoms with Crippen LogP contribution in [0.2, 0.25) is 0 Å². The average molecular weight is 115 g/mol. The third-order valence-corrected chi connectivity index (χ3v) is 1.11. The van der Waals surface area contributed by atoms with Crippen LogP contribution in [0.5, 0.6) is 0 Å². The zero-order valence-electron chi connectivity index (χ0n) is 5.44. The van der Waals surface area contributed by atoms with E-state index in [1.165, 1.54) is 0 Å². The van der Waals surface area contributed by atoms with Gasteiger partial charge in [-0.3, -0.25) is 0 Å². The van der Waals surface area contributed by atoms with E-state index in [1.54, 1.807) is 7.05 Å². The Kier molecular flexibility index (Phi) is 3.28. The molecule has 8 heavy (non-hydrogen) atoms. The Hall–Kier alpha value is -0.500. The second-order valence-corrected chi connectivity index (χ2v) is 1.70. The van der Waals surface area contributed by atoms with Crippen LogP contribution in [0.4, 0.5) is 0 Å². The Bertz CT molecular complexity index is 80.6. The topological polar surface area (TPSA) is 32.3 Å². The Morgan fingerprint density at radius 2 is 2.38 bits per heavy atom. The van der Waals surface area contributed by atoms with Gasteiger partial charge in [-0.25, -0.2) is 0 Å². The summed E-state index contributed by atoms with van der Waals surface area (Å²) in [7, 11) is 1.75. The molecule has 0 saturated heterocycles. The Labute approximate surface area is 50.2 Å². The third kappa shape index (κ3) is 1.98. The third-order valence-electron chi connectivity index (χ3n) is 1.11. The molecule has 0 fully saturated rings. The van der Waals surface area contributed by atoms with Gasteiger partial charge in [0, 0.05) is 12.7 Å². The molecule has 0 aromatic carbocycles. The molecule has 0 amide bonds. The first kappa shape index (κ1) is 7.50. The first-order valence-corrected chi connectivity index (χ1v) is 2.77. The maximum absolute atomic E-state index is 8.96. The predicted octanol–water partition coefficient (Wildman–Crippen LogP) is 0.490. The molecule has 0 aliphatic heterocycles. The van der Waals surface area contributed by atoms with Crippen LogP contribution in [0.3, 0.4) is 0 Å². The van der Waals surface area contributed by atoms with Crippen molar-refractivity contribution in [2.45, 2.75) is 19.4 Å². The largest absolute Gasteiger partial charge is 0.390 e. The van der Waals surface area contributed by atoms with Gasteiger partial charge in [-0.1, -0.05) is 13.5 Å². The second-order valence-electron chi connectivity index (χ2n) is 1.70. The molecule has 1 atom stereocenters. The van der Waals surface area contributed by atoms with E-state index in [0.29, 0.717) is 5.70 Å². The van der Waals surface area contributed by atoms with Crippen LogP contribution in [0.1, 0.15) is 13.3 Å². The molecule has 0 spiro atoms. The molecule has 48 valence electrons. The maximum atomic E-state index is 8.96. The van der Waals surface area contributed by atoms with Crippen molar-refractivity contribution < 1.29 is 5.11 Å². The van der Waals surface area contributed by atoms with Crippen molar-refractivity contribution >= 4 is 0 Å². The molecule has 2 nitrogen and oxygen atoms in total. The lowest BCUT2D eigenvalue weighted by atomic mass is 10.2. The molecule has 0 radical (unpaired) electrons. The number of hydrogen-bond donors (Lipinski definition) is 2. The van der Waals surface area contributed by atoms with Crippen molar-refractivity contribution in [2.75, 3.05) is 7.05 Å². The van der Waals surface area contributed by atoms with Gasteiger partial charge >= 0.3 is 0 Å². The van der Waals surface area contributed by atoms with Crippen LogP contribution in [-0.4, -0.2) is 18.3 Å². The number of rotatable bonds is 3. The summed E-state index contributed by atoms with van der Waals surface area (Å²) in [4.78, 5) is 0. The summed E-state index contributed by atoms with van der Waals surface area (Å²) in [6.07, 6.45) is 0.333. The molecule has 1 unspecified atom stereocenters. The van der Waals surface area contributed by atoms with Gasteiger partial charge in [0.25, 0.3) is 0 Å². The molecule has 2 N–H and O–H groups in total. The summed E-state index contributed by atoms with van der Waals surface area (Å²) in [6.45, 7) is 5.49. The standard InChI is InChI=1S/C6H13NO/c1-4-6(8)5(2)7-3/h6-8H,2,4H2,1,3H3. The van der Waals surface area contributed by atoms with E-state index in [2.05, 4.69) is 11.9 Å². The minimum absolute atomic E-state index is 0.389. The minimum Gasteiger partial charge on any atom is -0.390 e. The average Bonchev–Trinajstić information content (AvgIpc) is 1.84. The van der Waals surface area contributed by atoms with Crippen molar-refractivity contribution in [1.82, 2.24) is 5.32 Å². The lowest BCUT2D eigenvalue weighted by molar-refractivity contribution is 0.200. The van der Waals surface area contributed by atoms with Crippen molar-refractivity contribution in [3.8, 4) is 0 Å². The van der Waals surface area contributed by atoms with Gasteiger partial charge in [0.15, 0.2) is 0 Å². The van der Waals surface area contributed by atoms with Gasteiger partial charge in [-0.15, -0.1) is 0 Å². The van der Waals surface area contributed by atoms with Gasteiger partial charge in [0.1, 0.15) is 0 Å². The molecule has 2 heteroatoms. The van der Waals surface area contributed by atoms with Crippen LogP contribution < -0.4 is 5.32 Å². The molecule has 0 aromatic rings. The highest BCUT2D eigenvalue weighted by molar-refractivity contribution is 4.96. The number of hydrogen-bond acceptors (Lipinski definition) is 2. The van der Waals surface area contributed by atoms with Crippen LogP contribution in [0, 0.1) is 0 Å². The number of aliphatic hydroxyl groups is 1. The molecule has 0 bridgehead atoms. The van der Waals surface area contributed by atoms with E-state index < -0.39 is 0 Å². The summed E-state index contributed by atoms with van der Waals surface area (Å²) in [6, 6.07) is 0. The summed E-state index contributed by atoms with van der Waals surface area (Å²) in [5, 5.41) is 11.7. The van der Waals surface area contributed by atoms with Crippen molar-refractivity contribution in [3.05, 3.63) is 12.3 Å². The molecule has 0 aliphatic rings. The molecule has 0 rings (SSSR count). The highest BCUT2D eigenvalue weighted by Crippen LogP contribution is 1.96. The second kappa shape index (κ2) is 3.50. The summed E-state index contributed by atoms with van der Waals surface area (Å²) < 4.78 is 0. The number of aliphatic hydroxyl groups excluding tert-OH is 1. The fraction of sp³-hybridized carbons (Fsp3) is 0.667. The molecular weight excluding hydrogens is 102 g/mol. The number of nitrogens with one attached hydrogen (secondary N) is 1. The monoisotopic (exact) mass is 115 g/mol. The van der Waals surface area contributed by atoms with Crippen molar-refractivity contribution in [2.24, 2.45) is 0 Å². The molecular formula is C6H13NO. The quantitative estimate of drug-likeness (QED) is 0.561. The van der Waals surface area contributed by atoms with E-state index in [-0.39, 0.29) is 6.10 Å². The van der Waals surface area contributed by atoms with Gasteiger partial charge in [-0.05, 0) is 6.42 Å². The van der Waals surface area contributed by atoms with Gasteiger partial charge < -0.3 is 10.4 Å². The molecule has 0 aromatic heterocycles. The zero-order valence-corrected chi connectivity index (χ0v) is 5.44. The van der Waals surface area contributed by atoms with Crippen LogP contribution in [-0.2, 0) is 0 Å². The molecule has 0 saturated carbocycles. The zero-order chi connectivity index (χ0) is 6.57. The fourth-order valence-electron chi connectivity index (χ4n) is 0.413. The maximum Gasteiger partial charge on any atom is 0.0925 e. The fourth-order valence-corrected chi connectivity index (χ4v) is 0.413. The van der Waals surface area contributed by atoms with E-state index in [9.17, 15) is 0 Å². The van der Waals surface area contributed by atoms with Crippen LogP contribution in [0.25, 0.3) is 0 Å². The Morgan fingerprint density at radius 3 is 2.50 bits per heavy atom. The van der Waals surface area contributed by atoms with E-state index in [0.717, 1.165) is 6.42 Å². The van der Waals surface area contributed by atoms with Gasteiger partial charge in [0.05, 0.1) is 6.10 Å². The Balaban J connectivity index is 3.46. The normalized spacial score (nSPS) is 12.9. The first-order chi connectivity index (χ1) is 3.72. The SMILES string of the molecule is C=C(NC)C(O)CC. The summed E-state index contributed by atoms with van der Waals surface area (Å²) >= 11 is 0. The van der Waals surface area contributed by atoms with Crippen molar-refractivity contribution in [1.29, 1.82) is 0 Å². The van der Waals surface area contributed by atoms with Crippen molar-refractivity contribution in [3.63, 3.8) is 0 Å². The lowest BCUT2D eigenvalue weighted by Crippen LogP contribution is -2.18. The smallest absolute Gasteiger partial charge is 0.0925 e. The highest BCUT2D eigenvalue weighted by atomic mass is 16.3. The van der Waals surface area contributed by atoms with E-state index in [4.69, 9.17) is 5.11 Å². The highest BCUT2D eigenvalue weighted by Gasteiger charge is 2.00. The number of likely N-dealkylation sites (N-methyl/N-ethyl adjacent to an activating group) is 1. The van der Waals surface area contributed by atoms with Crippen LogP contribution >= 0.6 is 0 Å². The van der Waals surface area contributed by atoms with Gasteiger partial charge in [-0.2, -0.15) is 0 Å². The van der Waals surface area contributed by atoms with Gasteiger partial charge in [0.2, 0.25) is 0 Å². The van der Waals surface area contributed by atoms with Crippen LogP contribution in [0.15, 0.2) is 12.3 Å². The van der Waals surface area contributed by atoms with E-state index in [1.807, 2.05) is 6.92 Å². The van der Waals surface area contributed by atoms with E-state index >= 15 is 0 Å².